The van der Waals surface area contributed by atoms with E-state index in [1.807, 2.05) is 6.92 Å². The van der Waals surface area contributed by atoms with E-state index in [1.165, 1.54) is 18.4 Å². The van der Waals surface area contributed by atoms with Gasteiger partial charge >= 0.3 is 0 Å². The van der Waals surface area contributed by atoms with Gasteiger partial charge in [0.1, 0.15) is 0 Å². The fourth-order valence-corrected chi connectivity index (χ4v) is 6.78. The first-order valence-corrected chi connectivity index (χ1v) is 9.62. The average Bonchev–Trinajstić information content (AvgIpc) is 2.85. The molecule has 2 fully saturated rings. The van der Waals surface area contributed by atoms with Crippen LogP contribution in [0.2, 0.25) is 0 Å². The Bertz CT molecular complexity index is 560. The lowest BCUT2D eigenvalue weighted by Crippen LogP contribution is -2.45. The molecule has 0 bridgehead atoms. The van der Waals surface area contributed by atoms with Gasteiger partial charge in [0.25, 0.3) is 0 Å². The van der Waals surface area contributed by atoms with E-state index >= 15 is 0 Å². The fraction of sp³-hybridized carbons (Fsp3) is 0.810. The molecular weight excluding hydrogens is 284 g/mol. The predicted molar refractivity (Wildman–Crippen MR) is 92.9 cm³/mol. The van der Waals surface area contributed by atoms with Crippen LogP contribution in [0.3, 0.4) is 0 Å². The Morgan fingerprint density at radius 3 is 2.70 bits per heavy atom. The molecule has 0 heterocycles. The van der Waals surface area contributed by atoms with Gasteiger partial charge in [0.05, 0.1) is 12.2 Å². The molecule has 0 aromatic heterocycles. The first kappa shape index (κ1) is 15.9. The molecule has 128 valence electrons. The van der Waals surface area contributed by atoms with Crippen molar-refractivity contribution >= 4 is 0 Å². The van der Waals surface area contributed by atoms with Crippen LogP contribution in [0.15, 0.2) is 23.3 Å². The van der Waals surface area contributed by atoms with E-state index in [9.17, 15) is 10.2 Å². The van der Waals surface area contributed by atoms with Gasteiger partial charge < -0.3 is 10.2 Å². The number of aliphatic hydroxyl groups excluding tert-OH is 2. The summed E-state index contributed by atoms with van der Waals surface area (Å²) in [6.07, 6.45) is 12.3. The number of hydrogen-bond donors (Lipinski definition) is 2. The van der Waals surface area contributed by atoms with Gasteiger partial charge in [-0.25, -0.2) is 0 Å². The summed E-state index contributed by atoms with van der Waals surface area (Å²) in [5.74, 6) is 1.85. The Balaban J connectivity index is 1.70. The van der Waals surface area contributed by atoms with Crippen molar-refractivity contribution < 1.29 is 10.2 Å². The molecule has 0 aromatic carbocycles. The molecule has 0 saturated heterocycles. The minimum Gasteiger partial charge on any atom is -0.393 e. The quantitative estimate of drug-likeness (QED) is 0.711. The van der Waals surface area contributed by atoms with Gasteiger partial charge in [-0.05, 0) is 75.0 Å². The van der Waals surface area contributed by atoms with Crippen molar-refractivity contribution in [2.45, 2.75) is 77.9 Å². The summed E-state index contributed by atoms with van der Waals surface area (Å²) in [6.45, 7) is 6.84. The SMILES string of the molecule is CC(O)[C@H]1CC[C@@H]2[C@@H]3CC=C4C[C@@H](O)CC[C@]4(C)C3=CC[C@]12C. The van der Waals surface area contributed by atoms with Gasteiger partial charge in [0, 0.05) is 5.41 Å². The van der Waals surface area contributed by atoms with E-state index < -0.39 is 0 Å². The molecule has 2 N–H and O–H groups in total. The number of hydrogen-bond acceptors (Lipinski definition) is 2. The van der Waals surface area contributed by atoms with Crippen LogP contribution in [-0.4, -0.2) is 22.4 Å². The second-order valence-corrected chi connectivity index (χ2v) is 9.20. The van der Waals surface area contributed by atoms with Crippen LogP contribution in [0.25, 0.3) is 0 Å². The van der Waals surface area contributed by atoms with Gasteiger partial charge in [-0.15, -0.1) is 0 Å². The highest BCUT2D eigenvalue weighted by atomic mass is 16.3. The third-order valence-electron chi connectivity index (χ3n) is 8.11. The molecule has 0 aliphatic heterocycles. The van der Waals surface area contributed by atoms with Crippen LogP contribution < -0.4 is 0 Å². The summed E-state index contributed by atoms with van der Waals surface area (Å²) >= 11 is 0. The van der Waals surface area contributed by atoms with Crippen LogP contribution in [0.4, 0.5) is 0 Å². The van der Waals surface area contributed by atoms with Crippen molar-refractivity contribution in [3.05, 3.63) is 23.3 Å². The van der Waals surface area contributed by atoms with E-state index in [0.29, 0.717) is 11.8 Å². The van der Waals surface area contributed by atoms with Crippen molar-refractivity contribution in [2.75, 3.05) is 0 Å². The normalized spacial score (nSPS) is 50.3. The molecule has 0 radical (unpaired) electrons. The second-order valence-electron chi connectivity index (χ2n) is 9.20. The zero-order valence-electron chi connectivity index (χ0n) is 14.9. The number of rotatable bonds is 1. The molecular formula is C21H32O2. The third kappa shape index (κ3) is 2.14. The van der Waals surface area contributed by atoms with Crippen LogP contribution >= 0.6 is 0 Å². The molecule has 4 aliphatic carbocycles. The monoisotopic (exact) mass is 316 g/mol. The van der Waals surface area contributed by atoms with E-state index in [4.69, 9.17) is 0 Å². The molecule has 23 heavy (non-hydrogen) atoms. The Kier molecular flexibility index (Phi) is 3.59. The zero-order valence-corrected chi connectivity index (χ0v) is 14.9. The van der Waals surface area contributed by atoms with E-state index in [1.54, 1.807) is 5.57 Å². The van der Waals surface area contributed by atoms with Gasteiger partial charge in [0.15, 0.2) is 0 Å². The van der Waals surface area contributed by atoms with Crippen LogP contribution in [0, 0.1) is 28.6 Å². The molecule has 2 saturated carbocycles. The summed E-state index contributed by atoms with van der Waals surface area (Å²) < 4.78 is 0. The maximum Gasteiger partial charge on any atom is 0.0578 e. The highest BCUT2D eigenvalue weighted by molar-refractivity contribution is 5.39. The molecule has 2 heteroatoms. The maximum atomic E-state index is 10.3. The summed E-state index contributed by atoms with van der Waals surface area (Å²) in [6, 6.07) is 0. The van der Waals surface area contributed by atoms with Crippen molar-refractivity contribution in [3.63, 3.8) is 0 Å². The fourth-order valence-electron chi connectivity index (χ4n) is 6.78. The van der Waals surface area contributed by atoms with Crippen LogP contribution in [-0.2, 0) is 0 Å². The van der Waals surface area contributed by atoms with Gasteiger partial charge in [-0.1, -0.05) is 37.1 Å². The van der Waals surface area contributed by atoms with Crippen LogP contribution in [0.1, 0.15) is 65.7 Å². The van der Waals surface area contributed by atoms with Crippen molar-refractivity contribution in [2.24, 2.45) is 28.6 Å². The number of aliphatic hydroxyl groups is 2. The topological polar surface area (TPSA) is 40.5 Å². The Labute approximate surface area is 140 Å². The molecule has 7 atom stereocenters. The zero-order chi connectivity index (χ0) is 16.4. The Morgan fingerprint density at radius 2 is 1.96 bits per heavy atom. The molecule has 0 amide bonds. The summed E-state index contributed by atoms with van der Waals surface area (Å²) in [5.41, 5.74) is 3.65. The largest absolute Gasteiger partial charge is 0.393 e. The standard InChI is InChI=1S/C21H32O2/c1-13(22)17-6-7-18-16-5-4-14-12-15(23)8-10-20(14,2)19(16)9-11-21(17,18)3/h4,9,13,15-18,22-23H,5-8,10-12H2,1-3H3/t13?,15-,16-,17+,18+,20-,21+/m0/s1. The Hall–Kier alpha value is -0.600. The lowest BCUT2D eigenvalue weighted by molar-refractivity contribution is 0.0165. The van der Waals surface area contributed by atoms with Gasteiger partial charge in [-0.3, -0.25) is 0 Å². The lowest BCUT2D eigenvalue weighted by atomic mass is 9.51. The van der Waals surface area contributed by atoms with E-state index in [2.05, 4.69) is 26.0 Å². The van der Waals surface area contributed by atoms with Crippen LogP contribution in [0.5, 0.6) is 0 Å². The average molecular weight is 316 g/mol. The summed E-state index contributed by atoms with van der Waals surface area (Å²) in [7, 11) is 0. The van der Waals surface area contributed by atoms with E-state index in [-0.39, 0.29) is 23.0 Å². The highest BCUT2D eigenvalue weighted by Gasteiger charge is 2.56. The molecule has 2 nitrogen and oxygen atoms in total. The minimum absolute atomic E-state index is 0.133. The van der Waals surface area contributed by atoms with Gasteiger partial charge in [0.2, 0.25) is 0 Å². The molecule has 0 spiro atoms. The minimum atomic E-state index is -0.185. The molecule has 4 rings (SSSR count). The van der Waals surface area contributed by atoms with Crippen molar-refractivity contribution in [1.29, 1.82) is 0 Å². The maximum absolute atomic E-state index is 10.3. The van der Waals surface area contributed by atoms with Crippen molar-refractivity contribution in [1.82, 2.24) is 0 Å². The Morgan fingerprint density at radius 1 is 1.17 bits per heavy atom. The molecule has 0 aromatic rings. The smallest absolute Gasteiger partial charge is 0.0578 e. The number of fused-ring (bicyclic) bond motifs is 5. The highest BCUT2D eigenvalue weighted by Crippen LogP contribution is 2.64. The second kappa shape index (κ2) is 5.20. The molecule has 4 aliphatic rings. The van der Waals surface area contributed by atoms with Gasteiger partial charge in [-0.2, -0.15) is 0 Å². The number of allylic oxidation sites excluding steroid dienone is 3. The predicted octanol–water partition coefficient (Wildman–Crippen LogP) is 4.23. The summed E-state index contributed by atoms with van der Waals surface area (Å²) in [5, 5.41) is 20.3. The first-order chi connectivity index (χ1) is 10.9. The molecule has 1 unspecified atom stereocenters. The van der Waals surface area contributed by atoms with Crippen molar-refractivity contribution in [3.8, 4) is 0 Å². The first-order valence-electron chi connectivity index (χ1n) is 9.62. The van der Waals surface area contributed by atoms with E-state index in [0.717, 1.165) is 38.0 Å². The third-order valence-corrected chi connectivity index (χ3v) is 8.11. The summed E-state index contributed by atoms with van der Waals surface area (Å²) in [4.78, 5) is 0. The lowest BCUT2D eigenvalue weighted by Gasteiger charge is -2.53.